The van der Waals surface area contributed by atoms with Gasteiger partial charge in [0.05, 0.1) is 11.9 Å². The number of aromatic nitrogens is 3. The number of aryl methyl sites for hydroxylation is 1. The number of hydrogen-bond donors (Lipinski definition) is 0. The monoisotopic (exact) mass is 251 g/mol. The molecule has 3 rings (SSSR count). The zero-order valence-corrected chi connectivity index (χ0v) is 10.6. The molecule has 1 aromatic heterocycles. The van der Waals surface area contributed by atoms with Crippen LogP contribution in [-0.4, -0.2) is 15.0 Å². The van der Waals surface area contributed by atoms with E-state index in [0.29, 0.717) is 17.4 Å². The second kappa shape index (κ2) is 4.65. The molecule has 0 aliphatic carbocycles. The Morgan fingerprint density at radius 2 is 1.95 bits per heavy atom. The van der Waals surface area contributed by atoms with E-state index in [4.69, 9.17) is 0 Å². The predicted molar refractivity (Wildman–Crippen MR) is 74.1 cm³/mol. The molecule has 0 aliphatic rings. The third-order valence-corrected chi connectivity index (χ3v) is 3.04. The van der Waals surface area contributed by atoms with Gasteiger partial charge in [0.2, 0.25) is 0 Å². The van der Waals surface area contributed by atoms with Crippen molar-refractivity contribution in [3.63, 3.8) is 0 Å². The first-order valence-corrected chi connectivity index (χ1v) is 6.12. The molecule has 4 nitrogen and oxygen atoms in total. The lowest BCUT2D eigenvalue weighted by Gasteiger charge is -2.05. The molecule has 0 saturated heterocycles. The van der Waals surface area contributed by atoms with E-state index in [0.717, 1.165) is 5.56 Å². The van der Waals surface area contributed by atoms with Crippen molar-refractivity contribution in [3.8, 4) is 0 Å². The normalized spacial score (nSPS) is 10.8. The van der Waals surface area contributed by atoms with E-state index in [9.17, 15) is 4.79 Å². The van der Waals surface area contributed by atoms with Gasteiger partial charge >= 0.3 is 0 Å². The summed E-state index contributed by atoms with van der Waals surface area (Å²) in [5.41, 5.74) is 2.74. The SMILES string of the molecule is Cc1cccc(Cn2nnc3ccccc3c2=O)c1. The van der Waals surface area contributed by atoms with Gasteiger partial charge in [-0.15, -0.1) is 5.10 Å². The van der Waals surface area contributed by atoms with E-state index in [2.05, 4.69) is 10.3 Å². The number of benzene rings is 2. The van der Waals surface area contributed by atoms with Crippen LogP contribution in [0.3, 0.4) is 0 Å². The van der Waals surface area contributed by atoms with Crippen LogP contribution >= 0.6 is 0 Å². The molecule has 0 radical (unpaired) electrons. The van der Waals surface area contributed by atoms with Gasteiger partial charge in [0, 0.05) is 0 Å². The van der Waals surface area contributed by atoms with Crippen molar-refractivity contribution in [3.05, 3.63) is 70.0 Å². The molecule has 0 fully saturated rings. The van der Waals surface area contributed by atoms with E-state index < -0.39 is 0 Å². The lowest BCUT2D eigenvalue weighted by Crippen LogP contribution is -2.24. The summed E-state index contributed by atoms with van der Waals surface area (Å²) in [5, 5.41) is 8.66. The van der Waals surface area contributed by atoms with Crippen molar-refractivity contribution in [2.24, 2.45) is 0 Å². The molecule has 0 unspecified atom stereocenters. The second-order valence-electron chi connectivity index (χ2n) is 4.56. The second-order valence-corrected chi connectivity index (χ2v) is 4.56. The molecule has 0 atom stereocenters. The maximum atomic E-state index is 12.3. The van der Waals surface area contributed by atoms with Crippen LogP contribution in [0.1, 0.15) is 11.1 Å². The first-order chi connectivity index (χ1) is 9.24. The summed E-state index contributed by atoms with van der Waals surface area (Å²) in [6, 6.07) is 15.3. The Bertz CT molecular complexity index is 792. The molecule has 4 heteroatoms. The fourth-order valence-corrected chi connectivity index (χ4v) is 2.11. The highest BCUT2D eigenvalue weighted by Gasteiger charge is 2.05. The first-order valence-electron chi connectivity index (χ1n) is 6.12. The molecule has 0 N–H and O–H groups in total. The quantitative estimate of drug-likeness (QED) is 0.701. The Morgan fingerprint density at radius 3 is 2.79 bits per heavy atom. The summed E-state index contributed by atoms with van der Waals surface area (Å²) in [7, 11) is 0. The minimum atomic E-state index is -0.105. The van der Waals surface area contributed by atoms with Crippen molar-refractivity contribution in [1.82, 2.24) is 15.0 Å². The van der Waals surface area contributed by atoms with Gasteiger partial charge in [-0.2, -0.15) is 0 Å². The molecule has 0 bridgehead atoms. The zero-order valence-electron chi connectivity index (χ0n) is 10.6. The smallest absolute Gasteiger partial charge is 0.267 e. The molecule has 0 amide bonds. The maximum absolute atomic E-state index is 12.3. The molecule has 94 valence electrons. The summed E-state index contributed by atoms with van der Waals surface area (Å²) < 4.78 is 1.40. The van der Waals surface area contributed by atoms with E-state index in [1.807, 2.05) is 43.3 Å². The summed E-state index contributed by atoms with van der Waals surface area (Å²) >= 11 is 0. The Hall–Kier alpha value is -2.49. The van der Waals surface area contributed by atoms with Gasteiger partial charge in [-0.3, -0.25) is 4.79 Å². The molecule has 2 aromatic carbocycles. The largest absolute Gasteiger partial charge is 0.277 e. The summed E-state index contributed by atoms with van der Waals surface area (Å²) in [6.07, 6.45) is 0. The molecule has 19 heavy (non-hydrogen) atoms. The van der Waals surface area contributed by atoms with Crippen molar-refractivity contribution in [2.75, 3.05) is 0 Å². The summed E-state index contributed by atoms with van der Waals surface area (Å²) in [6.45, 7) is 2.47. The lowest BCUT2D eigenvalue weighted by atomic mass is 10.1. The lowest BCUT2D eigenvalue weighted by molar-refractivity contribution is 0.600. The molecule has 3 aromatic rings. The number of hydrogen-bond acceptors (Lipinski definition) is 3. The van der Waals surface area contributed by atoms with Crippen LogP contribution in [0.5, 0.6) is 0 Å². The topological polar surface area (TPSA) is 47.8 Å². The van der Waals surface area contributed by atoms with Gasteiger partial charge < -0.3 is 0 Å². The van der Waals surface area contributed by atoms with Crippen LogP contribution in [0.25, 0.3) is 10.9 Å². The average Bonchev–Trinajstić information content (AvgIpc) is 2.42. The van der Waals surface area contributed by atoms with Crippen LogP contribution in [0.4, 0.5) is 0 Å². The molecule has 0 spiro atoms. The highest BCUT2D eigenvalue weighted by atomic mass is 16.1. The van der Waals surface area contributed by atoms with E-state index in [1.54, 1.807) is 12.1 Å². The molecular weight excluding hydrogens is 238 g/mol. The van der Waals surface area contributed by atoms with Crippen LogP contribution in [-0.2, 0) is 6.54 Å². The van der Waals surface area contributed by atoms with Crippen LogP contribution < -0.4 is 5.56 Å². The van der Waals surface area contributed by atoms with Gasteiger partial charge in [-0.1, -0.05) is 47.2 Å². The van der Waals surface area contributed by atoms with Gasteiger partial charge in [-0.25, -0.2) is 4.68 Å². The van der Waals surface area contributed by atoms with Gasteiger partial charge in [0.15, 0.2) is 0 Å². The zero-order chi connectivity index (χ0) is 13.2. The van der Waals surface area contributed by atoms with E-state index in [1.165, 1.54) is 10.2 Å². The minimum Gasteiger partial charge on any atom is -0.267 e. The molecule has 1 heterocycles. The van der Waals surface area contributed by atoms with Gasteiger partial charge in [0.1, 0.15) is 5.52 Å². The molecule has 0 aliphatic heterocycles. The van der Waals surface area contributed by atoms with Crippen LogP contribution in [0.2, 0.25) is 0 Å². The van der Waals surface area contributed by atoms with Crippen LogP contribution in [0, 0.1) is 6.92 Å². The van der Waals surface area contributed by atoms with Crippen molar-refractivity contribution < 1.29 is 0 Å². The summed E-state index contributed by atoms with van der Waals surface area (Å²) in [4.78, 5) is 12.3. The third-order valence-electron chi connectivity index (χ3n) is 3.04. The molecule has 0 saturated carbocycles. The number of fused-ring (bicyclic) bond motifs is 1. The van der Waals surface area contributed by atoms with Gasteiger partial charge in [-0.05, 0) is 24.6 Å². The van der Waals surface area contributed by atoms with E-state index >= 15 is 0 Å². The minimum absolute atomic E-state index is 0.105. The Labute approximate surface area is 110 Å². The fraction of sp³-hybridized carbons (Fsp3) is 0.133. The van der Waals surface area contributed by atoms with Crippen molar-refractivity contribution >= 4 is 10.9 Å². The Balaban J connectivity index is 2.06. The van der Waals surface area contributed by atoms with Gasteiger partial charge in [0.25, 0.3) is 5.56 Å². The summed E-state index contributed by atoms with van der Waals surface area (Å²) in [5.74, 6) is 0. The Morgan fingerprint density at radius 1 is 1.11 bits per heavy atom. The Kier molecular flexibility index (Phi) is 2.83. The molecular formula is C15H13N3O. The number of nitrogens with zero attached hydrogens (tertiary/aromatic N) is 3. The maximum Gasteiger partial charge on any atom is 0.277 e. The highest BCUT2D eigenvalue weighted by Crippen LogP contribution is 2.06. The van der Waals surface area contributed by atoms with Crippen molar-refractivity contribution in [2.45, 2.75) is 13.5 Å². The number of rotatable bonds is 2. The van der Waals surface area contributed by atoms with E-state index in [-0.39, 0.29) is 5.56 Å². The van der Waals surface area contributed by atoms with Crippen molar-refractivity contribution in [1.29, 1.82) is 0 Å². The standard InChI is InChI=1S/C15H13N3O/c1-11-5-4-6-12(9-11)10-18-15(19)13-7-2-3-8-14(13)16-17-18/h2-9H,10H2,1H3. The predicted octanol–water partition coefficient (Wildman–Crippen LogP) is 2.15. The first kappa shape index (κ1) is 11.6. The highest BCUT2D eigenvalue weighted by molar-refractivity contribution is 5.76. The average molecular weight is 251 g/mol. The fourth-order valence-electron chi connectivity index (χ4n) is 2.11. The van der Waals surface area contributed by atoms with Crippen LogP contribution in [0.15, 0.2) is 53.3 Å². The third kappa shape index (κ3) is 2.25.